The molecule has 0 aliphatic rings. The highest BCUT2D eigenvalue weighted by atomic mass is 32.2. The van der Waals surface area contributed by atoms with E-state index in [0.717, 1.165) is 11.4 Å². The molecule has 4 heteroatoms. The number of hydrogen-bond acceptors (Lipinski definition) is 2. The molecule has 17 heavy (non-hydrogen) atoms. The third-order valence-corrected chi connectivity index (χ3v) is 2.81. The highest BCUT2D eigenvalue weighted by molar-refractivity contribution is 7.99. The maximum absolute atomic E-state index is 11.6. The molecule has 0 heterocycles. The molecule has 0 atom stereocenters. The maximum Gasteiger partial charge on any atom is 0.319 e. The molecule has 1 aromatic carbocycles. The van der Waals surface area contributed by atoms with Gasteiger partial charge in [0.2, 0.25) is 0 Å². The van der Waals surface area contributed by atoms with Crippen molar-refractivity contribution in [2.24, 2.45) is 0 Å². The minimum Gasteiger partial charge on any atom is -0.333 e. The lowest BCUT2D eigenvalue weighted by Gasteiger charge is -2.20. The SMILES string of the molecule is CCSc1ccc(NC(=O)NC(C)(C)C)cc1. The summed E-state index contributed by atoms with van der Waals surface area (Å²) in [6.07, 6.45) is 0. The fourth-order valence-corrected chi connectivity index (χ4v) is 1.97. The second-order valence-corrected chi connectivity index (χ2v) is 6.12. The van der Waals surface area contributed by atoms with E-state index in [-0.39, 0.29) is 11.6 Å². The van der Waals surface area contributed by atoms with Crippen molar-refractivity contribution in [1.29, 1.82) is 0 Å². The van der Waals surface area contributed by atoms with Gasteiger partial charge in [-0.2, -0.15) is 0 Å². The van der Waals surface area contributed by atoms with Crippen LogP contribution in [0.4, 0.5) is 10.5 Å². The molecule has 0 saturated carbocycles. The summed E-state index contributed by atoms with van der Waals surface area (Å²) in [6.45, 7) is 7.97. The molecule has 1 rings (SSSR count). The van der Waals surface area contributed by atoms with Crippen LogP contribution in [-0.4, -0.2) is 17.3 Å². The molecular formula is C13H20N2OS. The second-order valence-electron chi connectivity index (χ2n) is 4.79. The topological polar surface area (TPSA) is 41.1 Å². The standard InChI is InChI=1S/C13H20N2OS/c1-5-17-11-8-6-10(7-9-11)14-12(16)15-13(2,3)4/h6-9H,5H2,1-4H3,(H2,14,15,16). The Hall–Kier alpha value is -1.16. The average molecular weight is 252 g/mol. The van der Waals surface area contributed by atoms with Crippen LogP contribution in [0.15, 0.2) is 29.2 Å². The third-order valence-electron chi connectivity index (χ3n) is 1.91. The van der Waals surface area contributed by atoms with Crippen LogP contribution in [-0.2, 0) is 0 Å². The van der Waals surface area contributed by atoms with Crippen molar-refractivity contribution in [3.05, 3.63) is 24.3 Å². The van der Waals surface area contributed by atoms with Gasteiger partial charge in [-0.25, -0.2) is 4.79 Å². The van der Waals surface area contributed by atoms with Crippen molar-refractivity contribution in [2.75, 3.05) is 11.1 Å². The highest BCUT2D eigenvalue weighted by Crippen LogP contribution is 2.19. The summed E-state index contributed by atoms with van der Waals surface area (Å²) in [4.78, 5) is 12.8. The smallest absolute Gasteiger partial charge is 0.319 e. The fourth-order valence-electron chi connectivity index (χ4n) is 1.30. The minimum absolute atomic E-state index is 0.173. The van der Waals surface area contributed by atoms with Crippen LogP contribution in [0.5, 0.6) is 0 Å². The van der Waals surface area contributed by atoms with Gasteiger partial charge in [-0.1, -0.05) is 6.92 Å². The predicted octanol–water partition coefficient (Wildman–Crippen LogP) is 3.72. The second kappa shape index (κ2) is 5.96. The number of hydrogen-bond donors (Lipinski definition) is 2. The molecule has 94 valence electrons. The van der Waals surface area contributed by atoms with E-state index in [1.54, 1.807) is 11.8 Å². The van der Waals surface area contributed by atoms with Crippen molar-refractivity contribution in [2.45, 2.75) is 38.1 Å². The Balaban J connectivity index is 2.54. The van der Waals surface area contributed by atoms with E-state index in [1.165, 1.54) is 4.90 Å². The largest absolute Gasteiger partial charge is 0.333 e. The first kappa shape index (κ1) is 13.9. The zero-order chi connectivity index (χ0) is 12.9. The first-order valence-electron chi connectivity index (χ1n) is 5.73. The van der Waals surface area contributed by atoms with Crippen molar-refractivity contribution in [3.8, 4) is 0 Å². The molecule has 0 aromatic heterocycles. The summed E-state index contributed by atoms with van der Waals surface area (Å²) in [7, 11) is 0. The lowest BCUT2D eigenvalue weighted by atomic mass is 10.1. The quantitative estimate of drug-likeness (QED) is 0.805. The average Bonchev–Trinajstić information content (AvgIpc) is 2.18. The van der Waals surface area contributed by atoms with E-state index < -0.39 is 0 Å². The number of thioether (sulfide) groups is 1. The van der Waals surface area contributed by atoms with Gasteiger partial charge < -0.3 is 10.6 Å². The Morgan fingerprint density at radius 1 is 1.24 bits per heavy atom. The molecule has 0 aliphatic heterocycles. The summed E-state index contributed by atoms with van der Waals surface area (Å²) >= 11 is 1.78. The van der Waals surface area contributed by atoms with Gasteiger partial charge in [0, 0.05) is 16.1 Å². The number of carbonyl (C=O) groups is 1. The van der Waals surface area contributed by atoms with Crippen molar-refractivity contribution in [3.63, 3.8) is 0 Å². The minimum atomic E-state index is -0.220. The summed E-state index contributed by atoms with van der Waals surface area (Å²) in [5.41, 5.74) is 0.592. The molecule has 0 unspecified atom stereocenters. The van der Waals surface area contributed by atoms with E-state index in [0.29, 0.717) is 0 Å². The monoisotopic (exact) mass is 252 g/mol. The van der Waals surface area contributed by atoms with Gasteiger partial charge in [-0.3, -0.25) is 0 Å². The highest BCUT2D eigenvalue weighted by Gasteiger charge is 2.13. The molecule has 2 N–H and O–H groups in total. The summed E-state index contributed by atoms with van der Waals surface area (Å²) in [5, 5.41) is 5.66. The van der Waals surface area contributed by atoms with Crippen LogP contribution in [0.2, 0.25) is 0 Å². The van der Waals surface area contributed by atoms with E-state index in [2.05, 4.69) is 17.6 Å². The first-order valence-corrected chi connectivity index (χ1v) is 6.71. The van der Waals surface area contributed by atoms with Gasteiger partial charge in [0.25, 0.3) is 0 Å². The summed E-state index contributed by atoms with van der Waals surface area (Å²) in [6, 6.07) is 7.69. The number of anilines is 1. The van der Waals surface area contributed by atoms with E-state index in [9.17, 15) is 4.79 Å². The molecule has 0 fully saturated rings. The lowest BCUT2D eigenvalue weighted by molar-refractivity contribution is 0.244. The Bertz CT molecular complexity index is 368. The van der Waals surface area contributed by atoms with Gasteiger partial charge in [0.1, 0.15) is 0 Å². The molecule has 0 saturated heterocycles. The van der Waals surface area contributed by atoms with E-state index in [1.807, 2.05) is 45.0 Å². The molecule has 0 radical (unpaired) electrons. The van der Waals surface area contributed by atoms with Crippen LogP contribution in [0.25, 0.3) is 0 Å². The Morgan fingerprint density at radius 2 is 1.82 bits per heavy atom. The van der Waals surface area contributed by atoms with Gasteiger partial charge in [0.15, 0.2) is 0 Å². The molecule has 0 bridgehead atoms. The zero-order valence-electron chi connectivity index (χ0n) is 10.8. The number of nitrogens with one attached hydrogen (secondary N) is 2. The number of benzene rings is 1. The number of amides is 2. The summed E-state index contributed by atoms with van der Waals surface area (Å²) < 4.78 is 0. The number of urea groups is 1. The molecular weight excluding hydrogens is 232 g/mol. The lowest BCUT2D eigenvalue weighted by Crippen LogP contribution is -2.43. The Morgan fingerprint density at radius 3 is 2.29 bits per heavy atom. The Kier molecular flexibility index (Phi) is 4.87. The number of carbonyl (C=O) groups excluding carboxylic acids is 1. The molecule has 2 amide bonds. The fraction of sp³-hybridized carbons (Fsp3) is 0.462. The summed E-state index contributed by atoms with van der Waals surface area (Å²) in [5.74, 6) is 1.05. The maximum atomic E-state index is 11.6. The molecule has 0 aliphatic carbocycles. The van der Waals surface area contributed by atoms with Gasteiger partial charge in [-0.15, -0.1) is 11.8 Å². The third kappa shape index (κ3) is 5.63. The first-order chi connectivity index (χ1) is 7.90. The van der Waals surface area contributed by atoms with Gasteiger partial charge in [0.05, 0.1) is 0 Å². The number of rotatable bonds is 3. The van der Waals surface area contributed by atoms with Crippen LogP contribution in [0, 0.1) is 0 Å². The molecule has 0 spiro atoms. The predicted molar refractivity (Wildman–Crippen MR) is 74.7 cm³/mol. The van der Waals surface area contributed by atoms with Crippen LogP contribution < -0.4 is 10.6 Å². The molecule has 1 aromatic rings. The van der Waals surface area contributed by atoms with Crippen molar-refractivity contribution >= 4 is 23.5 Å². The van der Waals surface area contributed by atoms with Crippen molar-refractivity contribution in [1.82, 2.24) is 5.32 Å². The van der Waals surface area contributed by atoms with Crippen LogP contribution >= 0.6 is 11.8 Å². The van der Waals surface area contributed by atoms with E-state index >= 15 is 0 Å². The van der Waals surface area contributed by atoms with Crippen molar-refractivity contribution < 1.29 is 4.79 Å². The molecule has 3 nitrogen and oxygen atoms in total. The normalized spacial score (nSPS) is 11.1. The zero-order valence-corrected chi connectivity index (χ0v) is 11.6. The van der Waals surface area contributed by atoms with E-state index in [4.69, 9.17) is 0 Å². The van der Waals surface area contributed by atoms with Crippen LogP contribution in [0.1, 0.15) is 27.7 Å². The van der Waals surface area contributed by atoms with Gasteiger partial charge >= 0.3 is 6.03 Å². The Labute approximate surface area is 107 Å². The van der Waals surface area contributed by atoms with Gasteiger partial charge in [-0.05, 0) is 50.8 Å². The van der Waals surface area contributed by atoms with Crippen LogP contribution in [0.3, 0.4) is 0 Å².